The molecule has 0 aliphatic heterocycles. The second-order valence-electron chi connectivity index (χ2n) is 4.94. The van der Waals surface area contributed by atoms with Crippen molar-refractivity contribution in [2.24, 2.45) is 5.73 Å². The number of hydrogen-bond acceptors (Lipinski definition) is 2. The van der Waals surface area contributed by atoms with Crippen molar-refractivity contribution in [1.82, 2.24) is 0 Å². The number of aryl methyl sites for hydroxylation is 3. The molecule has 0 spiro atoms. The van der Waals surface area contributed by atoms with Crippen LogP contribution in [0.25, 0.3) is 10.4 Å². The molecule has 1 aromatic carbocycles. The molecular weight excluding hydrogens is 242 g/mol. The fourth-order valence-corrected chi connectivity index (χ4v) is 3.86. The molecule has 0 radical (unpaired) electrons. The molecule has 0 saturated heterocycles. The number of fused-ring (bicyclic) bond motifs is 3. The molecule has 3 rings (SSSR count). The predicted molar refractivity (Wildman–Crippen MR) is 75.2 cm³/mol. The van der Waals surface area contributed by atoms with Crippen LogP contribution in [0.2, 0.25) is 0 Å². The van der Waals surface area contributed by atoms with Gasteiger partial charge in [0.25, 0.3) is 5.91 Å². The average molecular weight is 257 g/mol. The molecule has 0 fully saturated rings. The van der Waals surface area contributed by atoms with Gasteiger partial charge in [-0.2, -0.15) is 0 Å². The number of amides is 1. The lowest BCUT2D eigenvalue weighted by Crippen LogP contribution is -2.08. The Morgan fingerprint density at radius 2 is 2.00 bits per heavy atom. The lowest BCUT2D eigenvalue weighted by Gasteiger charge is -2.19. The highest BCUT2D eigenvalue weighted by molar-refractivity contribution is 7.17. The van der Waals surface area contributed by atoms with E-state index in [9.17, 15) is 4.79 Å². The maximum Gasteiger partial charge on any atom is 0.258 e. The van der Waals surface area contributed by atoms with Gasteiger partial charge in [-0.1, -0.05) is 17.7 Å². The second kappa shape index (κ2) is 3.95. The van der Waals surface area contributed by atoms with E-state index in [1.165, 1.54) is 44.0 Å². The van der Waals surface area contributed by atoms with Crippen LogP contribution >= 0.6 is 11.3 Å². The Morgan fingerprint density at radius 3 is 2.72 bits per heavy atom. The summed E-state index contributed by atoms with van der Waals surface area (Å²) in [6.45, 7) is 4.28. The number of primary amides is 1. The van der Waals surface area contributed by atoms with Crippen molar-refractivity contribution in [3.8, 4) is 10.4 Å². The van der Waals surface area contributed by atoms with Gasteiger partial charge in [-0.15, -0.1) is 11.3 Å². The maximum absolute atomic E-state index is 11.3. The van der Waals surface area contributed by atoms with Crippen molar-refractivity contribution in [3.05, 3.63) is 45.3 Å². The minimum Gasteiger partial charge on any atom is -0.365 e. The van der Waals surface area contributed by atoms with E-state index in [-0.39, 0.29) is 5.91 Å². The van der Waals surface area contributed by atoms with E-state index >= 15 is 0 Å². The molecule has 1 aromatic heterocycles. The smallest absolute Gasteiger partial charge is 0.258 e. The summed E-state index contributed by atoms with van der Waals surface area (Å²) in [5.74, 6) is -0.319. The van der Waals surface area contributed by atoms with Gasteiger partial charge in [-0.05, 0) is 55.0 Å². The van der Waals surface area contributed by atoms with Gasteiger partial charge in [0.1, 0.15) is 0 Å². The molecule has 92 valence electrons. The number of carbonyl (C=O) groups excluding carboxylic acids is 1. The lowest BCUT2D eigenvalue weighted by molar-refractivity contribution is 0.100. The average Bonchev–Trinajstić information content (AvgIpc) is 2.72. The van der Waals surface area contributed by atoms with E-state index in [1.54, 1.807) is 0 Å². The number of hydrogen-bond donors (Lipinski definition) is 1. The summed E-state index contributed by atoms with van der Waals surface area (Å²) in [4.78, 5) is 13.2. The van der Waals surface area contributed by atoms with Crippen LogP contribution in [0.5, 0.6) is 0 Å². The Bertz CT molecular complexity index is 655. The summed E-state index contributed by atoms with van der Waals surface area (Å²) in [7, 11) is 0. The quantitative estimate of drug-likeness (QED) is 0.837. The molecule has 1 aliphatic rings. The van der Waals surface area contributed by atoms with Crippen LogP contribution in [0.3, 0.4) is 0 Å². The van der Waals surface area contributed by atoms with Crippen molar-refractivity contribution in [3.63, 3.8) is 0 Å². The van der Waals surface area contributed by atoms with Gasteiger partial charge in [0.05, 0.1) is 4.88 Å². The fraction of sp³-hybridized carbons (Fsp3) is 0.267. The third-order valence-corrected chi connectivity index (χ3v) is 4.78. The van der Waals surface area contributed by atoms with Crippen molar-refractivity contribution in [1.29, 1.82) is 0 Å². The van der Waals surface area contributed by atoms with Gasteiger partial charge in [0.2, 0.25) is 0 Å². The Labute approximate surface area is 110 Å². The van der Waals surface area contributed by atoms with Gasteiger partial charge >= 0.3 is 0 Å². The Balaban J connectivity index is 2.24. The minimum absolute atomic E-state index is 0.319. The second-order valence-corrected chi connectivity index (χ2v) is 5.99. The first-order valence-corrected chi connectivity index (χ1v) is 6.91. The van der Waals surface area contributed by atoms with Gasteiger partial charge in [-0.25, -0.2) is 0 Å². The SMILES string of the molecule is Cc1cc(C)c2c(c1)-c1sc(C(N)=O)cc1CC2. The summed E-state index contributed by atoms with van der Waals surface area (Å²) in [6, 6.07) is 6.41. The van der Waals surface area contributed by atoms with Crippen LogP contribution in [0.15, 0.2) is 18.2 Å². The predicted octanol–water partition coefficient (Wildman–Crippen LogP) is 3.23. The van der Waals surface area contributed by atoms with Crippen LogP contribution in [-0.4, -0.2) is 5.91 Å². The van der Waals surface area contributed by atoms with E-state index in [0.717, 1.165) is 12.8 Å². The van der Waals surface area contributed by atoms with E-state index in [0.29, 0.717) is 4.88 Å². The van der Waals surface area contributed by atoms with Crippen molar-refractivity contribution in [2.75, 3.05) is 0 Å². The van der Waals surface area contributed by atoms with E-state index in [2.05, 4.69) is 26.0 Å². The third-order valence-electron chi connectivity index (χ3n) is 3.56. The highest BCUT2D eigenvalue weighted by atomic mass is 32.1. The van der Waals surface area contributed by atoms with E-state index in [4.69, 9.17) is 5.73 Å². The maximum atomic E-state index is 11.3. The molecule has 0 unspecified atom stereocenters. The van der Waals surface area contributed by atoms with Crippen molar-refractivity contribution in [2.45, 2.75) is 26.7 Å². The topological polar surface area (TPSA) is 43.1 Å². The fourth-order valence-electron chi connectivity index (χ4n) is 2.76. The molecule has 0 saturated carbocycles. The molecule has 1 heterocycles. The third kappa shape index (κ3) is 1.66. The van der Waals surface area contributed by atoms with Crippen molar-refractivity contribution < 1.29 is 4.79 Å². The van der Waals surface area contributed by atoms with Gasteiger partial charge < -0.3 is 5.73 Å². The van der Waals surface area contributed by atoms with E-state index in [1.807, 2.05) is 6.07 Å². The Morgan fingerprint density at radius 1 is 1.22 bits per heavy atom. The summed E-state index contributed by atoms with van der Waals surface area (Å²) >= 11 is 1.53. The summed E-state index contributed by atoms with van der Waals surface area (Å²) in [5, 5.41) is 0. The van der Waals surface area contributed by atoms with Gasteiger partial charge in [-0.3, -0.25) is 4.79 Å². The Kier molecular flexibility index (Phi) is 2.52. The molecular formula is C15H15NOS. The molecule has 18 heavy (non-hydrogen) atoms. The monoisotopic (exact) mass is 257 g/mol. The van der Waals surface area contributed by atoms with Gasteiger partial charge in [0.15, 0.2) is 0 Å². The van der Waals surface area contributed by atoms with Crippen molar-refractivity contribution >= 4 is 17.2 Å². The summed E-state index contributed by atoms with van der Waals surface area (Å²) < 4.78 is 0. The normalized spacial score (nSPS) is 13.0. The number of thiophene rings is 1. The largest absolute Gasteiger partial charge is 0.365 e. The Hall–Kier alpha value is -1.61. The lowest BCUT2D eigenvalue weighted by atomic mass is 9.87. The highest BCUT2D eigenvalue weighted by Crippen LogP contribution is 2.41. The zero-order valence-electron chi connectivity index (χ0n) is 10.5. The minimum atomic E-state index is -0.319. The van der Waals surface area contributed by atoms with Crippen LogP contribution < -0.4 is 5.73 Å². The van der Waals surface area contributed by atoms with Crippen LogP contribution in [0.4, 0.5) is 0 Å². The standard InChI is InChI=1S/C15H15NOS/c1-8-5-9(2)11-4-3-10-7-13(15(16)17)18-14(10)12(11)6-8/h5-7H,3-4H2,1-2H3,(H2,16,17). The molecule has 0 atom stereocenters. The molecule has 2 nitrogen and oxygen atoms in total. The number of nitrogens with two attached hydrogens (primary N) is 1. The number of carbonyl (C=O) groups is 1. The zero-order valence-corrected chi connectivity index (χ0v) is 11.4. The number of rotatable bonds is 1. The summed E-state index contributed by atoms with van der Waals surface area (Å²) in [5.41, 5.74) is 12.0. The highest BCUT2D eigenvalue weighted by Gasteiger charge is 2.22. The first-order valence-electron chi connectivity index (χ1n) is 6.09. The molecule has 2 N–H and O–H groups in total. The molecule has 0 bridgehead atoms. The molecule has 2 aromatic rings. The first-order chi connectivity index (χ1) is 8.56. The van der Waals surface area contributed by atoms with Crippen LogP contribution in [0, 0.1) is 13.8 Å². The van der Waals surface area contributed by atoms with Crippen LogP contribution in [0.1, 0.15) is 31.9 Å². The molecule has 1 aliphatic carbocycles. The summed E-state index contributed by atoms with van der Waals surface area (Å²) in [6.07, 6.45) is 2.07. The number of benzene rings is 1. The molecule has 1 amide bonds. The molecule has 3 heteroatoms. The van der Waals surface area contributed by atoms with Gasteiger partial charge in [0, 0.05) is 4.88 Å². The first kappa shape index (κ1) is 11.5. The van der Waals surface area contributed by atoms with Crippen LogP contribution in [-0.2, 0) is 12.8 Å². The zero-order chi connectivity index (χ0) is 12.9. The van der Waals surface area contributed by atoms with E-state index < -0.39 is 0 Å².